The van der Waals surface area contributed by atoms with Gasteiger partial charge in [-0.3, -0.25) is 9.69 Å². The molecule has 17 heavy (non-hydrogen) atoms. The first-order valence-electron chi connectivity index (χ1n) is 6.96. The quantitative estimate of drug-likeness (QED) is 0.768. The third kappa shape index (κ3) is 2.47. The SMILES string of the molecule is CCC(C(N)=O)N1CCNCC12CCCCC2. The second-order valence-corrected chi connectivity index (χ2v) is 5.48. The van der Waals surface area contributed by atoms with Crippen LogP contribution in [0.3, 0.4) is 0 Å². The summed E-state index contributed by atoms with van der Waals surface area (Å²) in [5, 5.41) is 3.50. The van der Waals surface area contributed by atoms with Crippen molar-refractivity contribution in [3.63, 3.8) is 0 Å². The number of primary amides is 1. The van der Waals surface area contributed by atoms with E-state index in [1.807, 2.05) is 0 Å². The second kappa shape index (κ2) is 5.36. The molecule has 0 bridgehead atoms. The van der Waals surface area contributed by atoms with Crippen molar-refractivity contribution in [3.8, 4) is 0 Å². The highest BCUT2D eigenvalue weighted by molar-refractivity contribution is 5.79. The number of hydrogen-bond donors (Lipinski definition) is 2. The van der Waals surface area contributed by atoms with Gasteiger partial charge in [0.1, 0.15) is 0 Å². The van der Waals surface area contributed by atoms with Crippen LogP contribution in [-0.2, 0) is 4.79 Å². The van der Waals surface area contributed by atoms with Crippen LogP contribution in [0.1, 0.15) is 45.4 Å². The zero-order chi connectivity index (χ0) is 12.3. The molecule has 0 aromatic rings. The predicted molar refractivity (Wildman–Crippen MR) is 68.7 cm³/mol. The molecule has 0 aromatic carbocycles. The number of hydrogen-bond acceptors (Lipinski definition) is 3. The van der Waals surface area contributed by atoms with Crippen LogP contribution >= 0.6 is 0 Å². The number of amides is 1. The third-order valence-electron chi connectivity index (χ3n) is 4.47. The topological polar surface area (TPSA) is 58.4 Å². The smallest absolute Gasteiger partial charge is 0.234 e. The summed E-state index contributed by atoms with van der Waals surface area (Å²) in [5.41, 5.74) is 5.77. The number of nitrogens with zero attached hydrogens (tertiary/aromatic N) is 1. The maximum atomic E-state index is 11.6. The largest absolute Gasteiger partial charge is 0.368 e. The molecule has 1 amide bonds. The maximum Gasteiger partial charge on any atom is 0.234 e. The number of carbonyl (C=O) groups excluding carboxylic acids is 1. The van der Waals surface area contributed by atoms with Gasteiger partial charge in [0.15, 0.2) is 0 Å². The zero-order valence-corrected chi connectivity index (χ0v) is 10.9. The first-order valence-corrected chi connectivity index (χ1v) is 6.96. The molecule has 1 aliphatic carbocycles. The van der Waals surface area contributed by atoms with Crippen LogP contribution in [0, 0.1) is 0 Å². The molecule has 1 unspecified atom stereocenters. The summed E-state index contributed by atoms with van der Waals surface area (Å²) >= 11 is 0. The fourth-order valence-corrected chi connectivity index (χ4v) is 3.59. The van der Waals surface area contributed by atoms with E-state index in [0.717, 1.165) is 26.1 Å². The lowest BCUT2D eigenvalue weighted by molar-refractivity contribution is -0.128. The Morgan fingerprint density at radius 1 is 1.41 bits per heavy atom. The summed E-state index contributed by atoms with van der Waals surface area (Å²) in [7, 11) is 0. The summed E-state index contributed by atoms with van der Waals surface area (Å²) in [4.78, 5) is 14.0. The standard InChI is InChI=1S/C13H25N3O/c1-2-11(12(14)17)16-9-8-15-10-13(16)6-4-3-5-7-13/h11,15H,2-10H2,1H3,(H2,14,17). The van der Waals surface area contributed by atoms with E-state index in [4.69, 9.17) is 5.73 Å². The molecule has 4 heteroatoms. The van der Waals surface area contributed by atoms with Gasteiger partial charge in [0, 0.05) is 25.2 Å². The van der Waals surface area contributed by atoms with E-state index >= 15 is 0 Å². The van der Waals surface area contributed by atoms with Gasteiger partial charge in [-0.25, -0.2) is 0 Å². The van der Waals surface area contributed by atoms with Crippen molar-refractivity contribution >= 4 is 5.91 Å². The Labute approximate surface area is 104 Å². The van der Waals surface area contributed by atoms with Gasteiger partial charge in [-0.15, -0.1) is 0 Å². The van der Waals surface area contributed by atoms with Crippen LogP contribution < -0.4 is 11.1 Å². The molecule has 1 saturated carbocycles. The van der Waals surface area contributed by atoms with Crippen LogP contribution in [0.5, 0.6) is 0 Å². The summed E-state index contributed by atoms with van der Waals surface area (Å²) in [6.07, 6.45) is 7.16. The van der Waals surface area contributed by atoms with E-state index in [2.05, 4.69) is 17.1 Å². The molecule has 2 rings (SSSR count). The number of nitrogens with one attached hydrogen (secondary N) is 1. The van der Waals surface area contributed by atoms with E-state index < -0.39 is 0 Å². The van der Waals surface area contributed by atoms with E-state index in [1.54, 1.807) is 0 Å². The number of rotatable bonds is 3. The van der Waals surface area contributed by atoms with Crippen molar-refractivity contribution < 1.29 is 4.79 Å². The van der Waals surface area contributed by atoms with Crippen molar-refractivity contribution in [3.05, 3.63) is 0 Å². The molecular weight excluding hydrogens is 214 g/mol. The summed E-state index contributed by atoms with van der Waals surface area (Å²) in [6, 6.07) is -0.0739. The molecule has 1 heterocycles. The number of carbonyl (C=O) groups is 1. The molecule has 3 N–H and O–H groups in total. The molecule has 1 aliphatic heterocycles. The number of piperazine rings is 1. The lowest BCUT2D eigenvalue weighted by Gasteiger charge is -2.52. The zero-order valence-electron chi connectivity index (χ0n) is 10.9. The van der Waals surface area contributed by atoms with Gasteiger partial charge in [-0.05, 0) is 19.3 Å². The highest BCUT2D eigenvalue weighted by Crippen LogP contribution is 2.36. The summed E-state index contributed by atoms with van der Waals surface area (Å²) in [5.74, 6) is -0.153. The Balaban J connectivity index is 2.18. The average molecular weight is 239 g/mol. The van der Waals surface area contributed by atoms with Gasteiger partial charge in [-0.1, -0.05) is 26.2 Å². The Hall–Kier alpha value is -0.610. The van der Waals surface area contributed by atoms with Gasteiger partial charge in [0.05, 0.1) is 6.04 Å². The Morgan fingerprint density at radius 3 is 2.71 bits per heavy atom. The highest BCUT2D eigenvalue weighted by Gasteiger charge is 2.43. The first-order chi connectivity index (χ1) is 8.19. The van der Waals surface area contributed by atoms with Crippen LogP contribution in [0.2, 0.25) is 0 Å². The van der Waals surface area contributed by atoms with Crippen LogP contribution in [0.4, 0.5) is 0 Å². The molecule has 4 nitrogen and oxygen atoms in total. The van der Waals surface area contributed by atoms with Gasteiger partial charge in [-0.2, -0.15) is 0 Å². The fourth-order valence-electron chi connectivity index (χ4n) is 3.59. The van der Waals surface area contributed by atoms with Crippen molar-refractivity contribution in [2.24, 2.45) is 5.73 Å². The van der Waals surface area contributed by atoms with E-state index in [9.17, 15) is 4.79 Å². The molecule has 0 aromatic heterocycles. The average Bonchev–Trinajstić information content (AvgIpc) is 2.33. The highest BCUT2D eigenvalue weighted by atomic mass is 16.1. The molecule has 0 radical (unpaired) electrons. The van der Waals surface area contributed by atoms with Gasteiger partial charge in [0.25, 0.3) is 0 Å². The molecule has 1 saturated heterocycles. The van der Waals surface area contributed by atoms with Crippen LogP contribution in [0.25, 0.3) is 0 Å². The third-order valence-corrected chi connectivity index (χ3v) is 4.47. The number of nitrogens with two attached hydrogens (primary N) is 1. The van der Waals surface area contributed by atoms with Crippen molar-refractivity contribution in [1.29, 1.82) is 0 Å². The van der Waals surface area contributed by atoms with Gasteiger partial charge in [0.2, 0.25) is 5.91 Å². The lowest BCUT2D eigenvalue weighted by Crippen LogP contribution is -2.66. The fraction of sp³-hybridized carbons (Fsp3) is 0.923. The van der Waals surface area contributed by atoms with Crippen molar-refractivity contribution in [2.75, 3.05) is 19.6 Å². The summed E-state index contributed by atoms with van der Waals surface area (Å²) in [6.45, 7) is 5.03. The van der Waals surface area contributed by atoms with E-state index in [0.29, 0.717) is 0 Å². The lowest BCUT2D eigenvalue weighted by atomic mass is 9.78. The van der Waals surface area contributed by atoms with Crippen LogP contribution in [-0.4, -0.2) is 42.0 Å². The van der Waals surface area contributed by atoms with E-state index in [1.165, 1.54) is 32.1 Å². The second-order valence-electron chi connectivity index (χ2n) is 5.48. The Morgan fingerprint density at radius 2 is 2.12 bits per heavy atom. The minimum Gasteiger partial charge on any atom is -0.368 e. The minimum absolute atomic E-state index is 0.0739. The first kappa shape index (κ1) is 12.8. The van der Waals surface area contributed by atoms with E-state index in [-0.39, 0.29) is 17.5 Å². The predicted octanol–water partition coefficient (Wildman–Crippen LogP) is 0.858. The molecule has 1 atom stereocenters. The van der Waals surface area contributed by atoms with Gasteiger partial charge < -0.3 is 11.1 Å². The van der Waals surface area contributed by atoms with Crippen LogP contribution in [0.15, 0.2) is 0 Å². The normalized spacial score (nSPS) is 26.9. The molecule has 2 fully saturated rings. The van der Waals surface area contributed by atoms with Crippen molar-refractivity contribution in [2.45, 2.75) is 57.0 Å². The van der Waals surface area contributed by atoms with Gasteiger partial charge >= 0.3 is 0 Å². The minimum atomic E-state index is -0.153. The molecular formula is C13H25N3O. The monoisotopic (exact) mass is 239 g/mol. The maximum absolute atomic E-state index is 11.6. The molecule has 2 aliphatic rings. The Kier molecular flexibility index (Phi) is 4.05. The molecule has 1 spiro atoms. The summed E-state index contributed by atoms with van der Waals surface area (Å²) < 4.78 is 0. The van der Waals surface area contributed by atoms with Crippen molar-refractivity contribution in [1.82, 2.24) is 10.2 Å². The molecule has 98 valence electrons. The Bertz CT molecular complexity index is 266.